The fourth-order valence-corrected chi connectivity index (χ4v) is 5.54. The monoisotopic (exact) mass is 504 g/mol. The van der Waals surface area contributed by atoms with Gasteiger partial charge in [-0.3, -0.25) is 9.10 Å². The zero-order valence-corrected chi connectivity index (χ0v) is 20.7. The van der Waals surface area contributed by atoms with Crippen molar-refractivity contribution in [1.29, 1.82) is 0 Å². The van der Waals surface area contributed by atoms with Gasteiger partial charge in [-0.1, -0.05) is 50.6 Å². The summed E-state index contributed by atoms with van der Waals surface area (Å²) in [6.45, 7) is 8.83. The smallest absolute Gasteiger partial charge is 0.350 e. The number of hydrogen-bond donors (Lipinski definition) is 1. The molecule has 0 saturated heterocycles. The maximum absolute atomic E-state index is 13.4. The molecule has 0 aliphatic carbocycles. The molecule has 1 amide bonds. The van der Waals surface area contributed by atoms with Gasteiger partial charge in [-0.2, -0.15) is 13.2 Å². The van der Waals surface area contributed by atoms with E-state index in [9.17, 15) is 26.4 Å². The van der Waals surface area contributed by atoms with E-state index in [0.717, 1.165) is 12.1 Å². The van der Waals surface area contributed by atoms with Gasteiger partial charge in [0.1, 0.15) is 6.54 Å². The van der Waals surface area contributed by atoms with Crippen LogP contribution in [0.1, 0.15) is 46.6 Å². The van der Waals surface area contributed by atoms with Crippen LogP contribution in [0.2, 0.25) is 5.02 Å². The van der Waals surface area contributed by atoms with Gasteiger partial charge in [-0.25, -0.2) is 8.42 Å². The number of carbonyl (C=O) groups excluding carboxylic acids is 1. The maximum Gasteiger partial charge on any atom is 0.416 e. The zero-order chi connectivity index (χ0) is 25.2. The lowest BCUT2D eigenvalue weighted by molar-refractivity contribution is -0.137. The minimum atomic E-state index is -4.72. The first-order valence-electron chi connectivity index (χ1n) is 10.2. The molecule has 5 nitrogen and oxygen atoms in total. The highest BCUT2D eigenvalue weighted by atomic mass is 35.5. The number of rotatable bonds is 7. The normalized spacial score (nSPS) is 13.0. The number of nitrogens with one attached hydrogen (secondary N) is 1. The highest BCUT2D eigenvalue weighted by Gasteiger charge is 2.35. The van der Waals surface area contributed by atoms with Crippen molar-refractivity contribution in [2.75, 3.05) is 10.8 Å². The third kappa shape index (κ3) is 7.37. The van der Waals surface area contributed by atoms with E-state index in [-0.39, 0.29) is 15.3 Å². The number of anilines is 1. The summed E-state index contributed by atoms with van der Waals surface area (Å²) in [5, 5.41) is 2.56. The SMILES string of the molecule is CC(C)(C)CC(C)(C)NC(=O)CN(c1cc(C(F)(F)F)ccc1Cl)S(=O)(=O)c1ccccc1. The molecular formula is C23H28ClF3N2O3S. The number of amides is 1. The molecule has 0 heterocycles. The van der Waals surface area contributed by atoms with E-state index in [1.165, 1.54) is 24.3 Å². The van der Waals surface area contributed by atoms with Crippen molar-refractivity contribution in [2.24, 2.45) is 5.41 Å². The summed E-state index contributed by atoms with van der Waals surface area (Å²) in [5.41, 5.74) is -2.32. The van der Waals surface area contributed by atoms with Gasteiger partial charge >= 0.3 is 6.18 Å². The van der Waals surface area contributed by atoms with E-state index in [1.54, 1.807) is 19.9 Å². The predicted molar refractivity (Wildman–Crippen MR) is 124 cm³/mol. The third-order valence-corrected chi connectivity index (χ3v) is 6.70. The van der Waals surface area contributed by atoms with Crippen molar-refractivity contribution in [3.05, 3.63) is 59.1 Å². The van der Waals surface area contributed by atoms with E-state index in [2.05, 4.69) is 5.32 Å². The van der Waals surface area contributed by atoms with Crippen LogP contribution in [0, 0.1) is 5.41 Å². The Balaban J connectivity index is 2.53. The summed E-state index contributed by atoms with van der Waals surface area (Å²) >= 11 is 6.13. The number of halogens is 4. The molecule has 0 aromatic heterocycles. The van der Waals surface area contributed by atoms with E-state index in [0.29, 0.717) is 16.8 Å². The molecular weight excluding hydrogens is 477 g/mol. The molecule has 1 N–H and O–H groups in total. The summed E-state index contributed by atoms with van der Waals surface area (Å²) in [6, 6.07) is 9.51. The molecule has 10 heteroatoms. The number of nitrogens with zero attached hydrogens (tertiary/aromatic N) is 1. The largest absolute Gasteiger partial charge is 0.416 e. The Bertz CT molecular complexity index is 1100. The quantitative estimate of drug-likeness (QED) is 0.511. The number of carbonyl (C=O) groups is 1. The molecule has 2 rings (SSSR count). The second-order valence-electron chi connectivity index (χ2n) is 9.66. The average Bonchev–Trinajstić information content (AvgIpc) is 2.64. The van der Waals surface area contributed by atoms with Crippen LogP contribution in [0.4, 0.5) is 18.9 Å². The van der Waals surface area contributed by atoms with Crippen molar-refractivity contribution < 1.29 is 26.4 Å². The minimum Gasteiger partial charge on any atom is -0.350 e. The van der Waals surface area contributed by atoms with Crippen molar-refractivity contribution in [2.45, 2.75) is 57.7 Å². The fourth-order valence-electron chi connectivity index (χ4n) is 3.82. The number of hydrogen-bond acceptors (Lipinski definition) is 3. The number of alkyl halides is 3. The van der Waals surface area contributed by atoms with Crippen LogP contribution >= 0.6 is 11.6 Å². The summed E-state index contributed by atoms with van der Waals surface area (Å²) in [7, 11) is -4.40. The van der Waals surface area contributed by atoms with Crippen molar-refractivity contribution in [1.82, 2.24) is 5.32 Å². The lowest BCUT2D eigenvalue weighted by Crippen LogP contribution is -2.50. The minimum absolute atomic E-state index is 0.128. The molecule has 33 heavy (non-hydrogen) atoms. The molecule has 0 bridgehead atoms. The summed E-state index contributed by atoms with van der Waals surface area (Å²) in [4.78, 5) is 12.7. The molecule has 0 aliphatic rings. The van der Waals surface area contributed by atoms with Crippen LogP contribution in [-0.4, -0.2) is 26.4 Å². The van der Waals surface area contributed by atoms with Crippen molar-refractivity contribution >= 4 is 33.2 Å². The van der Waals surface area contributed by atoms with Gasteiger partial charge in [0, 0.05) is 5.54 Å². The Hall–Kier alpha value is -2.26. The predicted octanol–water partition coefficient (Wildman–Crippen LogP) is 5.89. The lowest BCUT2D eigenvalue weighted by atomic mass is 9.82. The van der Waals surface area contributed by atoms with Gasteiger partial charge in [0.05, 0.1) is 21.2 Å². The summed E-state index contributed by atoms with van der Waals surface area (Å²) in [6.07, 6.45) is -4.14. The molecule has 2 aromatic rings. The van der Waals surface area contributed by atoms with Gasteiger partial charge in [0.25, 0.3) is 10.0 Å². The van der Waals surface area contributed by atoms with Gasteiger partial charge in [-0.15, -0.1) is 0 Å². The first-order chi connectivity index (χ1) is 14.9. The van der Waals surface area contributed by atoms with E-state index < -0.39 is 45.4 Å². The fraction of sp³-hybridized carbons (Fsp3) is 0.435. The Morgan fingerprint density at radius 3 is 2.09 bits per heavy atom. The average molecular weight is 505 g/mol. The second kappa shape index (κ2) is 9.54. The van der Waals surface area contributed by atoms with E-state index >= 15 is 0 Å². The summed E-state index contributed by atoms with van der Waals surface area (Å²) < 4.78 is 67.4. The van der Waals surface area contributed by atoms with Crippen LogP contribution in [0.3, 0.4) is 0 Å². The lowest BCUT2D eigenvalue weighted by Gasteiger charge is -2.34. The van der Waals surface area contributed by atoms with Crippen LogP contribution in [-0.2, 0) is 21.0 Å². The van der Waals surface area contributed by atoms with Crippen LogP contribution in [0.15, 0.2) is 53.4 Å². The Morgan fingerprint density at radius 2 is 1.58 bits per heavy atom. The number of sulfonamides is 1. The topological polar surface area (TPSA) is 66.5 Å². The molecule has 0 atom stereocenters. The van der Waals surface area contributed by atoms with Gasteiger partial charge in [0.2, 0.25) is 5.91 Å². The van der Waals surface area contributed by atoms with Gasteiger partial charge < -0.3 is 5.32 Å². The first kappa shape index (κ1) is 27.0. The van der Waals surface area contributed by atoms with Crippen molar-refractivity contribution in [3.8, 4) is 0 Å². The highest BCUT2D eigenvalue weighted by Crippen LogP contribution is 2.37. The highest BCUT2D eigenvalue weighted by molar-refractivity contribution is 7.92. The number of benzene rings is 2. The molecule has 2 aromatic carbocycles. The van der Waals surface area contributed by atoms with Crippen LogP contribution < -0.4 is 9.62 Å². The zero-order valence-electron chi connectivity index (χ0n) is 19.1. The summed E-state index contributed by atoms with van der Waals surface area (Å²) in [5.74, 6) is -0.669. The first-order valence-corrected chi connectivity index (χ1v) is 12.0. The molecule has 182 valence electrons. The molecule has 0 radical (unpaired) electrons. The molecule has 0 aliphatic heterocycles. The third-order valence-electron chi connectivity index (χ3n) is 4.61. The standard InChI is InChI=1S/C23H28ClF3N2O3S/c1-21(2,3)15-22(4,5)28-20(30)14-29(33(31,32)17-9-7-6-8-10-17)19-13-16(23(25,26)27)11-12-18(19)24/h6-13H,14-15H2,1-5H3,(H,28,30). The molecule has 0 unspecified atom stereocenters. The molecule has 0 saturated carbocycles. The Kier molecular flexibility index (Phi) is 7.80. The second-order valence-corrected chi connectivity index (χ2v) is 11.9. The Morgan fingerprint density at radius 1 is 1.00 bits per heavy atom. The van der Waals surface area contributed by atoms with Gasteiger partial charge in [-0.05, 0) is 56.0 Å². The van der Waals surface area contributed by atoms with Gasteiger partial charge in [0.15, 0.2) is 0 Å². The van der Waals surface area contributed by atoms with Crippen molar-refractivity contribution in [3.63, 3.8) is 0 Å². The van der Waals surface area contributed by atoms with Crippen LogP contribution in [0.5, 0.6) is 0 Å². The van der Waals surface area contributed by atoms with E-state index in [4.69, 9.17) is 11.6 Å². The molecule has 0 spiro atoms. The maximum atomic E-state index is 13.4. The van der Waals surface area contributed by atoms with E-state index in [1.807, 2.05) is 20.8 Å². The van der Waals surface area contributed by atoms with Crippen LogP contribution in [0.25, 0.3) is 0 Å². The molecule has 0 fully saturated rings. The Labute approximate surface area is 198 Å².